The van der Waals surface area contributed by atoms with Gasteiger partial charge < -0.3 is 9.64 Å². The van der Waals surface area contributed by atoms with Crippen LogP contribution in [0.2, 0.25) is 0 Å². The van der Waals surface area contributed by atoms with Crippen LogP contribution in [0.1, 0.15) is 27.4 Å². The van der Waals surface area contributed by atoms with Gasteiger partial charge >= 0.3 is 0 Å². The van der Waals surface area contributed by atoms with Crippen molar-refractivity contribution < 1.29 is 9.53 Å². The van der Waals surface area contributed by atoms with Gasteiger partial charge in [-0.3, -0.25) is 4.79 Å². The highest BCUT2D eigenvalue weighted by Crippen LogP contribution is 2.55. The molecule has 3 aromatic carbocycles. The zero-order valence-electron chi connectivity index (χ0n) is 18.1. The maximum Gasteiger partial charge on any atom is 0.185 e. The first-order chi connectivity index (χ1) is 16.1. The lowest BCUT2D eigenvalue weighted by molar-refractivity contribution is 0.0951. The molecule has 1 fully saturated rings. The molecule has 5 nitrogen and oxygen atoms in total. The van der Waals surface area contributed by atoms with Gasteiger partial charge in [0.15, 0.2) is 11.2 Å². The van der Waals surface area contributed by atoms with E-state index in [0.29, 0.717) is 11.3 Å². The highest BCUT2D eigenvalue weighted by atomic mass is 16.5. The van der Waals surface area contributed by atoms with Crippen LogP contribution in [0, 0.1) is 28.1 Å². The minimum Gasteiger partial charge on any atom is -0.497 e. The third-order valence-electron chi connectivity index (χ3n) is 6.70. The summed E-state index contributed by atoms with van der Waals surface area (Å²) in [6.07, 6.45) is 3.83. The van der Waals surface area contributed by atoms with Crippen LogP contribution in [-0.4, -0.2) is 25.0 Å². The maximum absolute atomic E-state index is 14.1. The molecule has 0 aromatic heterocycles. The number of methoxy groups -OCH3 is 1. The average Bonchev–Trinajstić information content (AvgIpc) is 3.19. The van der Waals surface area contributed by atoms with Crippen molar-refractivity contribution in [3.05, 3.63) is 102 Å². The number of hydrogen-bond acceptors (Lipinski definition) is 5. The minimum absolute atomic E-state index is 0.120. The third-order valence-corrected chi connectivity index (χ3v) is 6.70. The number of anilines is 1. The highest BCUT2D eigenvalue weighted by Gasteiger charge is 2.63. The summed E-state index contributed by atoms with van der Waals surface area (Å²) in [6, 6.07) is 27.6. The van der Waals surface area contributed by atoms with Gasteiger partial charge in [0.2, 0.25) is 0 Å². The molecule has 33 heavy (non-hydrogen) atoms. The Morgan fingerprint density at radius 3 is 2.42 bits per heavy atom. The number of benzene rings is 3. The highest BCUT2D eigenvalue weighted by molar-refractivity contribution is 6.04. The number of para-hydroxylation sites is 1. The van der Waals surface area contributed by atoms with Crippen molar-refractivity contribution >= 4 is 17.5 Å². The normalized spacial score (nSPS) is 21.9. The molecular formula is C28H21N3O2. The summed E-state index contributed by atoms with van der Waals surface area (Å²) in [5.41, 5.74) is 1.61. The van der Waals surface area contributed by atoms with Gasteiger partial charge in [0.1, 0.15) is 11.8 Å². The van der Waals surface area contributed by atoms with Gasteiger partial charge in [0, 0.05) is 17.2 Å². The van der Waals surface area contributed by atoms with Crippen molar-refractivity contribution in [2.24, 2.45) is 5.41 Å². The van der Waals surface area contributed by atoms with Crippen LogP contribution in [0.25, 0.3) is 6.08 Å². The quantitative estimate of drug-likeness (QED) is 0.545. The number of nitriles is 2. The lowest BCUT2D eigenvalue weighted by Crippen LogP contribution is -2.44. The molecule has 0 bridgehead atoms. The van der Waals surface area contributed by atoms with Crippen LogP contribution in [0.4, 0.5) is 5.69 Å². The number of carbonyl (C=O) groups excluding carboxylic acids is 1. The Labute approximate surface area is 192 Å². The van der Waals surface area contributed by atoms with Crippen LogP contribution >= 0.6 is 0 Å². The van der Waals surface area contributed by atoms with Gasteiger partial charge in [-0.1, -0.05) is 72.8 Å². The fourth-order valence-corrected chi connectivity index (χ4v) is 5.22. The van der Waals surface area contributed by atoms with Crippen LogP contribution in [-0.2, 0) is 0 Å². The zero-order chi connectivity index (χ0) is 23.0. The molecule has 2 aliphatic heterocycles. The number of hydrogen-bond donors (Lipinski definition) is 0. The fourth-order valence-electron chi connectivity index (χ4n) is 5.22. The van der Waals surface area contributed by atoms with E-state index in [1.807, 2.05) is 83.8 Å². The molecular weight excluding hydrogens is 410 g/mol. The van der Waals surface area contributed by atoms with Crippen molar-refractivity contribution in [3.63, 3.8) is 0 Å². The summed E-state index contributed by atoms with van der Waals surface area (Å²) < 4.78 is 5.43. The predicted octanol–water partition coefficient (Wildman–Crippen LogP) is 4.98. The van der Waals surface area contributed by atoms with E-state index in [1.165, 1.54) is 0 Å². The predicted molar refractivity (Wildman–Crippen MR) is 126 cm³/mol. The Hall–Kier alpha value is -4.35. The van der Waals surface area contributed by atoms with E-state index in [2.05, 4.69) is 12.1 Å². The number of carbonyl (C=O) groups is 1. The van der Waals surface area contributed by atoms with E-state index in [1.54, 1.807) is 19.2 Å². The second-order valence-corrected chi connectivity index (χ2v) is 8.29. The van der Waals surface area contributed by atoms with Crippen LogP contribution in [0.15, 0.2) is 84.9 Å². The van der Waals surface area contributed by atoms with Gasteiger partial charge in [-0.15, -0.1) is 0 Å². The molecule has 0 unspecified atom stereocenters. The van der Waals surface area contributed by atoms with Crippen molar-refractivity contribution in [2.45, 2.75) is 18.0 Å². The van der Waals surface area contributed by atoms with E-state index < -0.39 is 23.4 Å². The first-order valence-electron chi connectivity index (χ1n) is 10.8. The van der Waals surface area contributed by atoms with Gasteiger partial charge in [-0.2, -0.15) is 10.5 Å². The van der Waals surface area contributed by atoms with Crippen molar-refractivity contribution in [1.29, 1.82) is 10.5 Å². The standard InChI is InChI=1S/C28H21N3O2/c1-33-22-12-7-11-21(16-22)25-26(27(32)20-9-3-2-4-10-20)31-23-13-6-5-8-19(23)14-15-24(31)28(25,17-29)18-30/h2-16,24-26H,1H3/t24-,25-,26+/m1/s1. The Morgan fingerprint density at radius 1 is 0.970 bits per heavy atom. The summed E-state index contributed by atoms with van der Waals surface area (Å²) in [4.78, 5) is 16.0. The van der Waals surface area contributed by atoms with Crippen LogP contribution in [0.3, 0.4) is 0 Å². The molecule has 3 atom stereocenters. The maximum atomic E-state index is 14.1. The Kier molecular flexibility index (Phi) is 4.96. The molecule has 3 aromatic rings. The molecule has 1 saturated heterocycles. The van der Waals surface area contributed by atoms with E-state index in [-0.39, 0.29) is 5.78 Å². The number of Topliss-reactive ketones (excluding diaryl/α,β-unsaturated/α-hetero) is 1. The monoisotopic (exact) mass is 431 g/mol. The van der Waals surface area contributed by atoms with Gasteiger partial charge in [0.25, 0.3) is 0 Å². The number of ether oxygens (including phenoxy) is 1. The summed E-state index contributed by atoms with van der Waals surface area (Å²) >= 11 is 0. The molecule has 0 saturated carbocycles. The smallest absolute Gasteiger partial charge is 0.185 e. The average molecular weight is 431 g/mol. The summed E-state index contributed by atoms with van der Waals surface area (Å²) in [5.74, 6) is -0.189. The van der Waals surface area contributed by atoms with E-state index in [4.69, 9.17) is 4.74 Å². The van der Waals surface area contributed by atoms with Crippen LogP contribution in [0.5, 0.6) is 5.75 Å². The lowest BCUT2D eigenvalue weighted by atomic mass is 9.69. The number of ketones is 1. The lowest BCUT2D eigenvalue weighted by Gasteiger charge is -2.35. The van der Waals surface area contributed by atoms with Gasteiger partial charge in [-0.05, 0) is 29.3 Å². The zero-order valence-corrected chi connectivity index (χ0v) is 18.1. The van der Waals surface area contributed by atoms with Crippen molar-refractivity contribution in [3.8, 4) is 17.9 Å². The number of fused-ring (bicyclic) bond motifs is 3. The van der Waals surface area contributed by atoms with E-state index >= 15 is 0 Å². The van der Waals surface area contributed by atoms with Gasteiger partial charge in [-0.25, -0.2) is 0 Å². The van der Waals surface area contributed by atoms with Crippen molar-refractivity contribution in [1.82, 2.24) is 0 Å². The van der Waals surface area contributed by atoms with E-state index in [9.17, 15) is 15.3 Å². The summed E-state index contributed by atoms with van der Waals surface area (Å²) in [6.45, 7) is 0. The molecule has 5 heteroatoms. The van der Waals surface area contributed by atoms with Crippen LogP contribution < -0.4 is 9.64 Å². The van der Waals surface area contributed by atoms with E-state index in [0.717, 1.165) is 16.8 Å². The molecule has 0 amide bonds. The second kappa shape index (κ2) is 7.97. The number of rotatable bonds is 4. The van der Waals surface area contributed by atoms with Crippen molar-refractivity contribution in [2.75, 3.05) is 12.0 Å². The first kappa shape index (κ1) is 20.5. The third kappa shape index (κ3) is 3.02. The molecule has 0 N–H and O–H groups in total. The first-order valence-corrected chi connectivity index (χ1v) is 10.8. The topological polar surface area (TPSA) is 77.1 Å². The second-order valence-electron chi connectivity index (χ2n) is 8.29. The minimum atomic E-state index is -1.47. The number of nitrogens with zero attached hydrogens (tertiary/aromatic N) is 3. The Morgan fingerprint density at radius 2 is 1.70 bits per heavy atom. The Bertz CT molecular complexity index is 1320. The molecule has 0 spiro atoms. The fraction of sp³-hybridized carbons (Fsp3) is 0.179. The summed E-state index contributed by atoms with van der Waals surface area (Å²) in [5, 5.41) is 20.9. The molecule has 0 radical (unpaired) electrons. The molecule has 2 heterocycles. The Balaban J connectivity index is 1.79. The molecule has 0 aliphatic carbocycles. The van der Waals surface area contributed by atoms with Gasteiger partial charge in [0.05, 0.1) is 25.3 Å². The molecule has 2 aliphatic rings. The SMILES string of the molecule is COc1cccc([C@@H]2[C@@H](C(=O)c3ccccc3)N3c4ccccc4C=C[C@@H]3C2(C#N)C#N)c1. The molecule has 5 rings (SSSR count). The summed E-state index contributed by atoms with van der Waals surface area (Å²) in [7, 11) is 1.57. The largest absolute Gasteiger partial charge is 0.497 e. The molecule has 160 valence electrons.